The lowest BCUT2D eigenvalue weighted by Crippen LogP contribution is -2.45. The van der Waals surface area contributed by atoms with Crippen molar-refractivity contribution in [2.45, 2.75) is 30.4 Å². The molecule has 0 unspecified atom stereocenters. The molecule has 2 aromatic rings. The minimum absolute atomic E-state index is 0.0259. The van der Waals surface area contributed by atoms with Crippen LogP contribution in [0.5, 0.6) is 0 Å². The Bertz CT molecular complexity index is 808. The highest BCUT2D eigenvalue weighted by Crippen LogP contribution is 2.33. The van der Waals surface area contributed by atoms with E-state index < -0.39 is 0 Å². The molecular weight excluding hydrogens is 370 g/mol. The minimum Gasteiger partial charge on any atom is -0.360 e. The van der Waals surface area contributed by atoms with Crippen LogP contribution in [0, 0.1) is 5.92 Å². The molecule has 2 heterocycles. The summed E-state index contributed by atoms with van der Waals surface area (Å²) in [6.45, 7) is 6.92. The SMILES string of the molecule is CC(C)CNc1nnc(S[C@@H](C)C(=O)N2CC(=O)Nc3ccccc32)s1. The Morgan fingerprint density at radius 3 is 2.88 bits per heavy atom. The maximum absolute atomic E-state index is 12.9. The van der Waals surface area contributed by atoms with Gasteiger partial charge in [0.1, 0.15) is 6.54 Å². The lowest BCUT2D eigenvalue weighted by atomic mass is 10.2. The zero-order valence-electron chi connectivity index (χ0n) is 14.9. The molecule has 0 fully saturated rings. The van der Waals surface area contributed by atoms with Gasteiger partial charge in [-0.15, -0.1) is 10.2 Å². The van der Waals surface area contributed by atoms with Crippen molar-refractivity contribution in [1.29, 1.82) is 0 Å². The van der Waals surface area contributed by atoms with E-state index in [2.05, 4.69) is 34.7 Å². The van der Waals surface area contributed by atoms with Crippen LogP contribution in [0.4, 0.5) is 16.5 Å². The highest BCUT2D eigenvalue weighted by atomic mass is 32.2. The van der Waals surface area contributed by atoms with Gasteiger partial charge in [0, 0.05) is 6.54 Å². The number of nitrogens with zero attached hydrogens (tertiary/aromatic N) is 3. The molecule has 0 aliphatic carbocycles. The smallest absolute Gasteiger partial charge is 0.244 e. The number of fused-ring (bicyclic) bond motifs is 1. The fraction of sp³-hybridized carbons (Fsp3) is 0.412. The number of thioether (sulfide) groups is 1. The number of carbonyl (C=O) groups excluding carboxylic acids is 2. The number of aromatic nitrogens is 2. The molecule has 0 saturated carbocycles. The van der Waals surface area contributed by atoms with Gasteiger partial charge in [-0.3, -0.25) is 14.5 Å². The molecule has 1 atom stereocenters. The summed E-state index contributed by atoms with van der Waals surface area (Å²) < 4.78 is 0.729. The lowest BCUT2D eigenvalue weighted by molar-refractivity contribution is -0.121. The zero-order valence-corrected chi connectivity index (χ0v) is 16.5. The summed E-state index contributed by atoms with van der Waals surface area (Å²) in [7, 11) is 0. The molecular formula is C17H21N5O2S2. The predicted molar refractivity (Wildman–Crippen MR) is 106 cm³/mol. The van der Waals surface area contributed by atoms with E-state index in [1.54, 1.807) is 6.07 Å². The van der Waals surface area contributed by atoms with Gasteiger partial charge in [-0.05, 0) is 25.0 Å². The Kier molecular flexibility index (Phi) is 5.77. The van der Waals surface area contributed by atoms with Gasteiger partial charge >= 0.3 is 0 Å². The van der Waals surface area contributed by atoms with Crippen LogP contribution in [-0.2, 0) is 9.59 Å². The number of amides is 2. The van der Waals surface area contributed by atoms with Crippen LogP contribution in [0.25, 0.3) is 0 Å². The van der Waals surface area contributed by atoms with Crippen molar-refractivity contribution in [3.8, 4) is 0 Å². The van der Waals surface area contributed by atoms with Crippen molar-refractivity contribution >= 4 is 51.4 Å². The van der Waals surface area contributed by atoms with E-state index in [0.29, 0.717) is 11.6 Å². The molecule has 26 heavy (non-hydrogen) atoms. The van der Waals surface area contributed by atoms with Crippen LogP contribution < -0.4 is 15.5 Å². The average Bonchev–Trinajstić information content (AvgIpc) is 3.06. The number of benzene rings is 1. The highest BCUT2D eigenvalue weighted by Gasteiger charge is 2.30. The van der Waals surface area contributed by atoms with Gasteiger partial charge in [0.25, 0.3) is 0 Å². The minimum atomic E-state index is -0.375. The van der Waals surface area contributed by atoms with E-state index in [9.17, 15) is 9.59 Å². The monoisotopic (exact) mass is 391 g/mol. The van der Waals surface area contributed by atoms with E-state index in [0.717, 1.165) is 21.7 Å². The molecule has 2 N–H and O–H groups in total. The average molecular weight is 392 g/mol. The molecule has 1 aliphatic heterocycles. The summed E-state index contributed by atoms with van der Waals surface area (Å²) in [6.07, 6.45) is 0. The molecule has 0 radical (unpaired) electrons. The zero-order chi connectivity index (χ0) is 18.7. The summed E-state index contributed by atoms with van der Waals surface area (Å²) in [5.74, 6) is 0.204. The van der Waals surface area contributed by atoms with Crippen molar-refractivity contribution in [2.75, 3.05) is 28.6 Å². The molecule has 0 bridgehead atoms. The number of rotatable bonds is 6. The highest BCUT2D eigenvalue weighted by molar-refractivity contribution is 8.02. The molecule has 3 rings (SSSR count). The van der Waals surface area contributed by atoms with Crippen LogP contribution in [0.2, 0.25) is 0 Å². The van der Waals surface area contributed by atoms with Crippen molar-refractivity contribution < 1.29 is 9.59 Å². The van der Waals surface area contributed by atoms with Crippen molar-refractivity contribution in [1.82, 2.24) is 10.2 Å². The standard InChI is InChI=1S/C17H21N5O2S2/c1-10(2)8-18-16-20-21-17(26-16)25-11(3)15(24)22-9-14(23)19-12-6-4-5-7-13(12)22/h4-7,10-11H,8-9H2,1-3H3,(H,18,20)(H,19,23)/t11-/m0/s1. The lowest BCUT2D eigenvalue weighted by Gasteiger charge is -2.30. The molecule has 1 aromatic carbocycles. The molecule has 2 amide bonds. The van der Waals surface area contributed by atoms with E-state index in [1.165, 1.54) is 28.0 Å². The maximum Gasteiger partial charge on any atom is 0.244 e. The van der Waals surface area contributed by atoms with Crippen molar-refractivity contribution in [3.05, 3.63) is 24.3 Å². The Balaban J connectivity index is 1.68. The molecule has 9 heteroatoms. The first-order chi connectivity index (χ1) is 12.4. The van der Waals surface area contributed by atoms with Crippen LogP contribution in [0.3, 0.4) is 0 Å². The van der Waals surface area contributed by atoms with Crippen LogP contribution in [0.1, 0.15) is 20.8 Å². The first kappa shape index (κ1) is 18.7. The maximum atomic E-state index is 12.9. The number of nitrogens with one attached hydrogen (secondary N) is 2. The van der Waals surface area contributed by atoms with Gasteiger partial charge in [0.15, 0.2) is 4.34 Å². The first-order valence-electron chi connectivity index (χ1n) is 8.38. The van der Waals surface area contributed by atoms with Crippen molar-refractivity contribution in [3.63, 3.8) is 0 Å². The molecule has 0 saturated heterocycles. The predicted octanol–water partition coefficient (Wildman–Crippen LogP) is 3.07. The fourth-order valence-corrected chi connectivity index (χ4v) is 4.44. The summed E-state index contributed by atoms with van der Waals surface area (Å²) >= 11 is 2.79. The van der Waals surface area contributed by atoms with Gasteiger partial charge in [-0.25, -0.2) is 0 Å². The second-order valence-electron chi connectivity index (χ2n) is 6.40. The first-order valence-corrected chi connectivity index (χ1v) is 10.1. The summed E-state index contributed by atoms with van der Waals surface area (Å²) in [5.41, 5.74) is 1.38. The number of hydrogen-bond donors (Lipinski definition) is 2. The molecule has 138 valence electrons. The third kappa shape index (κ3) is 4.34. The third-order valence-corrected chi connectivity index (χ3v) is 5.78. The second kappa shape index (κ2) is 8.05. The van der Waals surface area contributed by atoms with Crippen LogP contribution in [0.15, 0.2) is 28.6 Å². The Labute approximate surface area is 160 Å². The summed E-state index contributed by atoms with van der Waals surface area (Å²) in [4.78, 5) is 26.3. The topological polar surface area (TPSA) is 87.2 Å². The van der Waals surface area contributed by atoms with Gasteiger partial charge in [0.05, 0.1) is 16.6 Å². The third-order valence-electron chi connectivity index (χ3n) is 3.73. The van der Waals surface area contributed by atoms with Gasteiger partial charge in [0.2, 0.25) is 16.9 Å². The Morgan fingerprint density at radius 2 is 2.12 bits per heavy atom. The van der Waals surface area contributed by atoms with E-state index in [-0.39, 0.29) is 23.6 Å². The number of hydrogen-bond acceptors (Lipinski definition) is 7. The summed E-state index contributed by atoms with van der Waals surface area (Å²) in [5, 5.41) is 14.7. The van der Waals surface area contributed by atoms with Gasteiger partial charge in [-0.1, -0.05) is 49.1 Å². The normalized spacial score (nSPS) is 14.8. The van der Waals surface area contributed by atoms with Crippen LogP contribution in [-0.4, -0.2) is 40.4 Å². The van der Waals surface area contributed by atoms with Crippen LogP contribution >= 0.6 is 23.1 Å². The summed E-state index contributed by atoms with van der Waals surface area (Å²) in [6, 6.07) is 7.31. The Morgan fingerprint density at radius 1 is 1.35 bits per heavy atom. The van der Waals surface area contributed by atoms with Gasteiger partial charge < -0.3 is 10.6 Å². The largest absolute Gasteiger partial charge is 0.360 e. The molecule has 1 aliphatic rings. The molecule has 7 nitrogen and oxygen atoms in total. The number of anilines is 3. The van der Waals surface area contributed by atoms with E-state index >= 15 is 0 Å². The molecule has 0 spiro atoms. The van der Waals surface area contributed by atoms with E-state index in [1.807, 2.05) is 25.1 Å². The fourth-order valence-electron chi connectivity index (χ4n) is 2.47. The second-order valence-corrected chi connectivity index (χ2v) is 8.96. The quantitative estimate of drug-likeness (QED) is 0.736. The number of para-hydroxylation sites is 2. The van der Waals surface area contributed by atoms with Crippen molar-refractivity contribution in [2.24, 2.45) is 5.92 Å². The van der Waals surface area contributed by atoms with E-state index in [4.69, 9.17) is 0 Å². The number of carbonyl (C=O) groups is 2. The Hall–Kier alpha value is -2.13. The molecule has 1 aromatic heterocycles. The van der Waals surface area contributed by atoms with Gasteiger partial charge in [-0.2, -0.15) is 0 Å².